The van der Waals surface area contributed by atoms with Gasteiger partial charge in [0.15, 0.2) is 18.1 Å². The van der Waals surface area contributed by atoms with Crippen molar-refractivity contribution in [2.75, 3.05) is 23.6 Å². The van der Waals surface area contributed by atoms with Crippen LogP contribution in [-0.2, 0) is 14.4 Å². The third kappa shape index (κ3) is 4.60. The molecule has 1 saturated heterocycles. The molecule has 1 fully saturated rings. The fourth-order valence-electron chi connectivity index (χ4n) is 3.66. The molecule has 10 nitrogen and oxygen atoms in total. The topological polar surface area (TPSA) is 123 Å². The lowest BCUT2D eigenvalue weighted by Gasteiger charge is -2.26. The summed E-state index contributed by atoms with van der Waals surface area (Å²) >= 11 is 0. The zero-order chi connectivity index (χ0) is 25.1. The van der Waals surface area contributed by atoms with Gasteiger partial charge in [-0.05, 0) is 36.4 Å². The number of ether oxygens (including phenoxy) is 3. The Morgan fingerprint density at radius 1 is 0.972 bits per heavy atom. The SMILES string of the molecule is O=C(COc1ccccc1/C=C1\C(=O)NC(=O)N(c2ccc3c(c2)OCO3)C1=O)Nc1ccccc1. The maximum absolute atomic E-state index is 13.2. The number of imide groups is 2. The number of carbonyl (C=O) groups is 4. The molecule has 0 saturated carbocycles. The molecule has 0 spiro atoms. The number of hydrogen-bond acceptors (Lipinski definition) is 7. The van der Waals surface area contributed by atoms with Crippen LogP contribution in [0.4, 0.5) is 16.2 Å². The molecule has 10 heteroatoms. The normalized spacial score (nSPS) is 15.6. The molecule has 0 radical (unpaired) electrons. The van der Waals surface area contributed by atoms with Crippen LogP contribution in [0.25, 0.3) is 6.08 Å². The van der Waals surface area contributed by atoms with Gasteiger partial charge in [-0.2, -0.15) is 0 Å². The van der Waals surface area contributed by atoms with Gasteiger partial charge in [0.25, 0.3) is 17.7 Å². The van der Waals surface area contributed by atoms with Gasteiger partial charge >= 0.3 is 6.03 Å². The summed E-state index contributed by atoms with van der Waals surface area (Å²) in [4.78, 5) is 51.4. The second-order valence-electron chi connectivity index (χ2n) is 7.74. The second kappa shape index (κ2) is 9.63. The average molecular weight is 485 g/mol. The highest BCUT2D eigenvalue weighted by molar-refractivity contribution is 6.39. The van der Waals surface area contributed by atoms with Crippen LogP contribution in [0.15, 0.2) is 78.4 Å². The molecule has 2 N–H and O–H groups in total. The summed E-state index contributed by atoms with van der Waals surface area (Å²) in [5, 5.41) is 4.89. The minimum atomic E-state index is -0.886. The molecule has 3 aromatic carbocycles. The number of benzene rings is 3. The predicted octanol–water partition coefficient (Wildman–Crippen LogP) is 3.10. The van der Waals surface area contributed by atoms with Crippen LogP contribution in [0.1, 0.15) is 5.56 Å². The largest absolute Gasteiger partial charge is 0.483 e. The maximum atomic E-state index is 13.2. The molecule has 5 rings (SSSR count). The van der Waals surface area contributed by atoms with E-state index in [2.05, 4.69) is 10.6 Å². The van der Waals surface area contributed by atoms with E-state index in [9.17, 15) is 19.2 Å². The molecular weight excluding hydrogens is 466 g/mol. The number of barbiturate groups is 1. The van der Waals surface area contributed by atoms with Crippen LogP contribution in [0, 0.1) is 0 Å². The first-order valence-corrected chi connectivity index (χ1v) is 10.9. The standard InChI is InChI=1S/C26H19N3O7/c30-23(27-17-7-2-1-3-8-17)14-34-20-9-5-4-6-16(20)12-19-24(31)28-26(33)29(25(19)32)18-10-11-21-22(13-18)36-15-35-21/h1-13H,14-15H2,(H,27,30)(H,28,31,33)/b19-12+. The number of urea groups is 1. The van der Waals surface area contributed by atoms with E-state index in [1.54, 1.807) is 54.6 Å². The summed E-state index contributed by atoms with van der Waals surface area (Å²) in [7, 11) is 0. The van der Waals surface area contributed by atoms with Crippen LogP contribution >= 0.6 is 0 Å². The Morgan fingerprint density at radius 3 is 2.56 bits per heavy atom. The highest BCUT2D eigenvalue weighted by Gasteiger charge is 2.37. The molecule has 3 aromatic rings. The molecule has 2 aliphatic rings. The van der Waals surface area contributed by atoms with E-state index in [1.165, 1.54) is 18.2 Å². The third-order valence-corrected chi connectivity index (χ3v) is 5.35. The van der Waals surface area contributed by atoms with E-state index in [1.807, 2.05) is 6.07 Å². The van der Waals surface area contributed by atoms with Gasteiger partial charge < -0.3 is 19.5 Å². The number of hydrogen-bond donors (Lipinski definition) is 2. The van der Waals surface area contributed by atoms with Crippen molar-refractivity contribution in [2.24, 2.45) is 0 Å². The molecule has 0 aliphatic carbocycles. The van der Waals surface area contributed by atoms with Crippen LogP contribution in [-0.4, -0.2) is 37.2 Å². The van der Waals surface area contributed by atoms with Gasteiger partial charge in [0, 0.05) is 17.3 Å². The minimum Gasteiger partial charge on any atom is -0.483 e. The van der Waals surface area contributed by atoms with Crippen molar-refractivity contribution in [3.63, 3.8) is 0 Å². The van der Waals surface area contributed by atoms with Crippen molar-refractivity contribution in [2.45, 2.75) is 0 Å². The Morgan fingerprint density at radius 2 is 1.72 bits per heavy atom. The van der Waals surface area contributed by atoms with Crippen LogP contribution < -0.4 is 29.7 Å². The van der Waals surface area contributed by atoms with Crippen molar-refractivity contribution >= 4 is 41.2 Å². The minimum absolute atomic E-state index is 0.0305. The molecule has 0 aromatic heterocycles. The molecule has 0 unspecified atom stereocenters. The lowest BCUT2D eigenvalue weighted by molar-refractivity contribution is -0.122. The lowest BCUT2D eigenvalue weighted by atomic mass is 10.1. The molecule has 180 valence electrons. The number of nitrogens with zero attached hydrogens (tertiary/aromatic N) is 1. The van der Waals surface area contributed by atoms with E-state index in [-0.39, 0.29) is 36.3 Å². The summed E-state index contributed by atoms with van der Waals surface area (Å²) < 4.78 is 16.2. The predicted molar refractivity (Wildman–Crippen MR) is 129 cm³/mol. The van der Waals surface area contributed by atoms with Gasteiger partial charge in [0.05, 0.1) is 5.69 Å². The van der Waals surface area contributed by atoms with Crippen molar-refractivity contribution in [1.82, 2.24) is 5.32 Å². The number of nitrogens with one attached hydrogen (secondary N) is 2. The van der Waals surface area contributed by atoms with Gasteiger partial charge in [0.2, 0.25) is 6.79 Å². The number of amides is 5. The summed E-state index contributed by atoms with van der Waals surface area (Å²) in [6, 6.07) is 19.2. The first-order chi connectivity index (χ1) is 17.5. The Kier molecular flexibility index (Phi) is 6.06. The lowest BCUT2D eigenvalue weighted by Crippen LogP contribution is -2.54. The molecule has 0 bridgehead atoms. The number of fused-ring (bicyclic) bond motifs is 1. The molecular formula is C26H19N3O7. The zero-order valence-electron chi connectivity index (χ0n) is 18.7. The van der Waals surface area contributed by atoms with Crippen molar-refractivity contribution in [3.8, 4) is 17.2 Å². The van der Waals surface area contributed by atoms with Gasteiger partial charge in [-0.15, -0.1) is 0 Å². The quantitative estimate of drug-likeness (QED) is 0.406. The first-order valence-electron chi connectivity index (χ1n) is 10.9. The summed E-state index contributed by atoms with van der Waals surface area (Å²) in [6.45, 7) is -0.264. The second-order valence-corrected chi connectivity index (χ2v) is 7.74. The van der Waals surface area contributed by atoms with E-state index in [4.69, 9.17) is 14.2 Å². The Balaban J connectivity index is 1.37. The fraction of sp³-hybridized carbons (Fsp3) is 0.0769. The highest BCUT2D eigenvalue weighted by Crippen LogP contribution is 2.36. The maximum Gasteiger partial charge on any atom is 0.335 e. The zero-order valence-corrected chi connectivity index (χ0v) is 18.7. The summed E-state index contributed by atoms with van der Waals surface area (Å²) in [5.41, 5.74) is 0.932. The Bertz CT molecular complexity index is 1400. The molecule has 2 aliphatic heterocycles. The fourth-order valence-corrected chi connectivity index (χ4v) is 3.66. The van der Waals surface area contributed by atoms with E-state index in [0.29, 0.717) is 22.7 Å². The number of anilines is 2. The van der Waals surface area contributed by atoms with Crippen molar-refractivity contribution in [3.05, 3.63) is 83.9 Å². The average Bonchev–Trinajstić information content (AvgIpc) is 3.34. The number of rotatable bonds is 6. The highest BCUT2D eigenvalue weighted by atomic mass is 16.7. The third-order valence-electron chi connectivity index (χ3n) is 5.35. The van der Waals surface area contributed by atoms with Crippen LogP contribution in [0.3, 0.4) is 0 Å². The summed E-state index contributed by atoms with van der Waals surface area (Å²) in [5.74, 6) is -0.909. The Hall–Kier alpha value is -5.12. The number of carbonyl (C=O) groups excluding carboxylic acids is 4. The molecule has 0 atom stereocenters. The van der Waals surface area contributed by atoms with Gasteiger partial charge in [0.1, 0.15) is 11.3 Å². The number of para-hydroxylation sites is 2. The van der Waals surface area contributed by atoms with Crippen LogP contribution in [0.5, 0.6) is 17.2 Å². The van der Waals surface area contributed by atoms with Gasteiger partial charge in [-0.3, -0.25) is 19.7 Å². The van der Waals surface area contributed by atoms with E-state index in [0.717, 1.165) is 4.90 Å². The van der Waals surface area contributed by atoms with E-state index < -0.39 is 17.8 Å². The van der Waals surface area contributed by atoms with Gasteiger partial charge in [-0.1, -0.05) is 36.4 Å². The molecule has 5 amide bonds. The Labute approximate surface area is 205 Å². The monoisotopic (exact) mass is 485 g/mol. The van der Waals surface area contributed by atoms with Gasteiger partial charge in [-0.25, -0.2) is 9.69 Å². The van der Waals surface area contributed by atoms with Crippen molar-refractivity contribution < 1.29 is 33.4 Å². The molecule has 36 heavy (non-hydrogen) atoms. The summed E-state index contributed by atoms with van der Waals surface area (Å²) in [6.07, 6.45) is 1.31. The first kappa shape index (κ1) is 22.7. The van der Waals surface area contributed by atoms with E-state index >= 15 is 0 Å². The van der Waals surface area contributed by atoms with Crippen molar-refractivity contribution in [1.29, 1.82) is 0 Å². The van der Waals surface area contributed by atoms with Crippen LogP contribution in [0.2, 0.25) is 0 Å². The smallest absolute Gasteiger partial charge is 0.335 e. The molecule has 2 heterocycles.